The van der Waals surface area contributed by atoms with Gasteiger partial charge in [0.1, 0.15) is 0 Å². The second kappa shape index (κ2) is 15.8. The van der Waals surface area contributed by atoms with Gasteiger partial charge in [-0.15, -0.1) is 0 Å². The van der Waals surface area contributed by atoms with Crippen molar-refractivity contribution in [1.29, 1.82) is 0 Å². The van der Waals surface area contributed by atoms with Gasteiger partial charge in [-0.2, -0.15) is 0 Å². The Morgan fingerprint density at radius 2 is 0.480 bits per heavy atom. The molecule has 16 rings (SSSR count). The van der Waals surface area contributed by atoms with Gasteiger partial charge in [-0.25, -0.2) is 0 Å². The van der Waals surface area contributed by atoms with Gasteiger partial charge < -0.3 is 0 Å². The van der Waals surface area contributed by atoms with E-state index in [-0.39, 0.29) is 5.41 Å². The summed E-state index contributed by atoms with van der Waals surface area (Å²) in [6.45, 7) is 4.79. The molecular weight excluding hydrogens is 901 g/mol. The first-order valence-corrected chi connectivity index (χ1v) is 26.4. The zero-order valence-corrected chi connectivity index (χ0v) is 41.7. The molecule has 0 radical (unpaired) electrons. The van der Waals surface area contributed by atoms with Crippen LogP contribution in [0.1, 0.15) is 25.0 Å². The molecule has 0 aliphatic heterocycles. The molecule has 0 amide bonds. The molecule has 1 aliphatic rings. The monoisotopic (exact) mass is 948 g/mol. The highest BCUT2D eigenvalue weighted by Gasteiger charge is 2.36. The average Bonchev–Trinajstić information content (AvgIpc) is 3.70. The van der Waals surface area contributed by atoms with Gasteiger partial charge in [0.25, 0.3) is 0 Å². The topological polar surface area (TPSA) is 0 Å². The quantitative estimate of drug-likeness (QED) is 0.146. The highest BCUT2D eigenvalue weighted by Crippen LogP contribution is 2.51. The van der Waals surface area contributed by atoms with Crippen LogP contribution in [-0.4, -0.2) is 0 Å². The molecule has 0 spiro atoms. The van der Waals surface area contributed by atoms with Gasteiger partial charge in [-0.1, -0.05) is 244 Å². The molecule has 0 nitrogen and oxygen atoms in total. The van der Waals surface area contributed by atoms with Crippen LogP contribution in [0.15, 0.2) is 255 Å². The molecule has 0 atom stereocenters. The van der Waals surface area contributed by atoms with Crippen LogP contribution in [0.3, 0.4) is 0 Å². The minimum Gasteiger partial charge on any atom is -0.0622 e. The number of fused-ring (bicyclic) bond motifs is 4. The maximum absolute atomic E-state index is 2.45. The fraction of sp³-hybridized carbons (Fsp3) is 0.0400. The second-order valence-corrected chi connectivity index (χ2v) is 21.5. The first-order chi connectivity index (χ1) is 36.9. The highest BCUT2D eigenvalue weighted by molar-refractivity contribution is 6.29. The molecule has 0 saturated heterocycles. The molecule has 15 aromatic carbocycles. The highest BCUT2D eigenvalue weighted by atomic mass is 14.4. The normalized spacial score (nSPS) is 13.0. The van der Waals surface area contributed by atoms with Crippen LogP contribution >= 0.6 is 0 Å². The first kappa shape index (κ1) is 42.2. The fourth-order valence-electron chi connectivity index (χ4n) is 13.4. The Hall–Kier alpha value is -9.36. The summed E-state index contributed by atoms with van der Waals surface area (Å²) < 4.78 is 0. The summed E-state index contributed by atoms with van der Waals surface area (Å²) >= 11 is 0. The van der Waals surface area contributed by atoms with Crippen molar-refractivity contribution in [2.24, 2.45) is 0 Å². The Morgan fingerprint density at radius 3 is 0.920 bits per heavy atom. The summed E-state index contributed by atoms with van der Waals surface area (Å²) in [4.78, 5) is 0. The SMILES string of the molecule is CC1(C)c2cc(-c3ccc(-c4ccc5ccc6c(-c7ccccc7)ccc7ccc4c5c76)cc3)ccc2-c2ccc(-c3ccc4cc(-c5ccc6ccc7c(-c8ccccc8)ccc8ccc5c6c87)ccc4c3)cc21. The van der Waals surface area contributed by atoms with E-state index in [9.17, 15) is 0 Å². The zero-order chi connectivity index (χ0) is 49.5. The molecule has 0 bridgehead atoms. The smallest absolute Gasteiger partial charge is 0.0159 e. The number of hydrogen-bond acceptors (Lipinski definition) is 0. The van der Waals surface area contributed by atoms with Crippen LogP contribution in [0.5, 0.6) is 0 Å². The van der Waals surface area contributed by atoms with E-state index < -0.39 is 0 Å². The molecule has 348 valence electrons. The van der Waals surface area contributed by atoms with Crippen molar-refractivity contribution >= 4 is 75.4 Å². The Balaban J connectivity index is 0.697. The fourth-order valence-corrected chi connectivity index (χ4v) is 13.4. The Bertz CT molecular complexity index is 4810. The largest absolute Gasteiger partial charge is 0.0622 e. The van der Waals surface area contributed by atoms with Crippen molar-refractivity contribution in [2.45, 2.75) is 19.3 Å². The molecule has 0 fully saturated rings. The summed E-state index contributed by atoms with van der Waals surface area (Å²) in [5.41, 5.74) is 20.3. The second-order valence-electron chi connectivity index (χ2n) is 21.5. The molecule has 0 aromatic heterocycles. The maximum Gasteiger partial charge on any atom is 0.0159 e. The third kappa shape index (κ3) is 6.30. The lowest BCUT2D eigenvalue weighted by Gasteiger charge is -2.23. The van der Waals surface area contributed by atoms with Crippen molar-refractivity contribution in [3.05, 3.63) is 266 Å². The van der Waals surface area contributed by atoms with Crippen LogP contribution < -0.4 is 0 Å². The number of rotatable bonds is 6. The molecule has 1 aliphatic carbocycles. The molecule has 0 N–H and O–H groups in total. The van der Waals surface area contributed by atoms with E-state index in [4.69, 9.17) is 0 Å². The predicted molar refractivity (Wildman–Crippen MR) is 322 cm³/mol. The Kier molecular flexibility index (Phi) is 8.90. The van der Waals surface area contributed by atoms with Gasteiger partial charge >= 0.3 is 0 Å². The lowest BCUT2D eigenvalue weighted by molar-refractivity contribution is 0.661. The number of hydrogen-bond donors (Lipinski definition) is 0. The summed E-state index contributed by atoms with van der Waals surface area (Å²) in [6, 6.07) is 95.9. The minimum atomic E-state index is -0.158. The number of benzene rings is 15. The first-order valence-electron chi connectivity index (χ1n) is 26.4. The molecule has 15 aromatic rings. The lowest BCUT2D eigenvalue weighted by Crippen LogP contribution is -2.15. The molecular formula is C75H48. The maximum atomic E-state index is 2.45. The average molecular weight is 949 g/mol. The van der Waals surface area contributed by atoms with E-state index in [0.29, 0.717) is 0 Å². The Labute approximate surface area is 436 Å². The minimum absolute atomic E-state index is 0.158. The summed E-state index contributed by atoms with van der Waals surface area (Å²) in [6.07, 6.45) is 0. The van der Waals surface area contributed by atoms with Crippen molar-refractivity contribution in [3.8, 4) is 77.9 Å². The van der Waals surface area contributed by atoms with Crippen LogP contribution in [0.25, 0.3) is 153 Å². The van der Waals surface area contributed by atoms with Crippen molar-refractivity contribution in [3.63, 3.8) is 0 Å². The molecule has 0 heterocycles. The predicted octanol–water partition coefficient (Wildman–Crippen LogP) is 20.9. The third-order valence-electron chi connectivity index (χ3n) is 17.2. The van der Waals surface area contributed by atoms with Gasteiger partial charge in [0.15, 0.2) is 0 Å². The van der Waals surface area contributed by atoms with Gasteiger partial charge in [-0.3, -0.25) is 0 Å². The van der Waals surface area contributed by atoms with E-state index in [1.165, 1.54) is 164 Å². The molecule has 75 heavy (non-hydrogen) atoms. The van der Waals surface area contributed by atoms with Crippen LogP contribution in [0.4, 0.5) is 0 Å². The van der Waals surface area contributed by atoms with Gasteiger partial charge in [0.05, 0.1) is 0 Å². The standard InChI is InChI=1S/C75H48/c1-75(2)69-43-56(45-13-15-48(16-14-45)61-33-23-51-25-37-65-59(46-9-5-3-6-10-46)31-21-49-27-39-67(61)73(51)71(49)65)29-35-63(69)64-36-30-57(44-70(64)75)54-17-18-55-42-58(20-19-53(55)41-54)62-34-24-52-26-38-66-60(47-11-7-4-8-12-47)32-22-50-28-40-68(62)74(52)72(50)66/h3-44H,1-2H3. The van der Waals surface area contributed by atoms with E-state index in [0.717, 1.165) is 0 Å². The summed E-state index contributed by atoms with van der Waals surface area (Å²) in [5.74, 6) is 0. The van der Waals surface area contributed by atoms with Crippen LogP contribution in [0, 0.1) is 0 Å². The third-order valence-corrected chi connectivity index (χ3v) is 17.2. The van der Waals surface area contributed by atoms with Crippen molar-refractivity contribution < 1.29 is 0 Å². The van der Waals surface area contributed by atoms with E-state index >= 15 is 0 Å². The van der Waals surface area contributed by atoms with E-state index in [1.807, 2.05) is 0 Å². The molecule has 0 heteroatoms. The van der Waals surface area contributed by atoms with Crippen LogP contribution in [0.2, 0.25) is 0 Å². The van der Waals surface area contributed by atoms with E-state index in [1.54, 1.807) is 0 Å². The lowest BCUT2D eigenvalue weighted by atomic mass is 9.80. The van der Waals surface area contributed by atoms with E-state index in [2.05, 4.69) is 269 Å². The van der Waals surface area contributed by atoms with Crippen molar-refractivity contribution in [2.75, 3.05) is 0 Å². The Morgan fingerprint density at radius 1 is 0.200 bits per heavy atom. The van der Waals surface area contributed by atoms with Gasteiger partial charge in [-0.05, 0) is 189 Å². The molecule has 0 saturated carbocycles. The molecule has 0 unspecified atom stereocenters. The van der Waals surface area contributed by atoms with Gasteiger partial charge in [0.2, 0.25) is 0 Å². The van der Waals surface area contributed by atoms with Crippen LogP contribution in [-0.2, 0) is 5.41 Å². The van der Waals surface area contributed by atoms with Crippen molar-refractivity contribution in [1.82, 2.24) is 0 Å². The van der Waals surface area contributed by atoms with Gasteiger partial charge in [0, 0.05) is 5.41 Å². The summed E-state index contributed by atoms with van der Waals surface area (Å²) in [5, 5.41) is 18.2. The zero-order valence-electron chi connectivity index (χ0n) is 41.7. The summed E-state index contributed by atoms with van der Waals surface area (Å²) in [7, 11) is 0.